The van der Waals surface area contributed by atoms with Crippen LogP contribution in [0.5, 0.6) is 11.8 Å². The molecule has 0 saturated carbocycles. The molecule has 3 heterocycles. The molecule has 2 aromatic carbocycles. The zero-order valence-corrected chi connectivity index (χ0v) is 22.5. The number of hydrogen-bond donors (Lipinski definition) is 2. The minimum absolute atomic E-state index is 0.0198. The van der Waals surface area contributed by atoms with Crippen LogP contribution in [0.25, 0.3) is 22.0 Å². The monoisotopic (exact) mass is 601 g/mol. The Labute approximate surface area is 239 Å². The van der Waals surface area contributed by atoms with Crippen LogP contribution in [0.2, 0.25) is 0 Å². The topological polar surface area (TPSA) is 136 Å². The smallest absolute Gasteiger partial charge is 0.420 e. The number of halogens is 5. The predicted molar refractivity (Wildman–Crippen MR) is 146 cm³/mol. The van der Waals surface area contributed by atoms with E-state index >= 15 is 4.39 Å². The highest BCUT2D eigenvalue weighted by Crippen LogP contribution is 2.52. The summed E-state index contributed by atoms with van der Waals surface area (Å²) >= 11 is 0.526. The number of rotatable bonds is 6. The van der Waals surface area contributed by atoms with E-state index in [1.165, 1.54) is 13.3 Å². The number of pyridine rings is 1. The van der Waals surface area contributed by atoms with Gasteiger partial charge in [0.2, 0.25) is 0 Å². The van der Waals surface area contributed by atoms with Crippen LogP contribution in [0.15, 0.2) is 47.0 Å². The van der Waals surface area contributed by atoms with Crippen molar-refractivity contribution in [3.63, 3.8) is 0 Å². The number of thioether (sulfide) groups is 1. The van der Waals surface area contributed by atoms with Crippen molar-refractivity contribution in [1.82, 2.24) is 15.0 Å². The van der Waals surface area contributed by atoms with Gasteiger partial charge in [-0.15, -0.1) is 0 Å². The molecule has 42 heavy (non-hydrogen) atoms. The number of hydrogen-bond acceptors (Lipinski definition) is 10. The number of aromatic nitrogens is 3. The Morgan fingerprint density at radius 2 is 2.02 bits per heavy atom. The van der Waals surface area contributed by atoms with Crippen LogP contribution in [-0.4, -0.2) is 35.2 Å². The Morgan fingerprint density at radius 3 is 2.67 bits per heavy atom. The first-order chi connectivity index (χ1) is 20.0. The van der Waals surface area contributed by atoms with Gasteiger partial charge in [-0.1, -0.05) is 24.4 Å². The molecule has 216 valence electrons. The van der Waals surface area contributed by atoms with Gasteiger partial charge < -0.3 is 25.8 Å². The van der Waals surface area contributed by atoms with Gasteiger partial charge >= 0.3 is 12.2 Å². The van der Waals surface area contributed by atoms with Crippen molar-refractivity contribution in [1.29, 1.82) is 5.26 Å². The number of benzene rings is 2. The van der Waals surface area contributed by atoms with E-state index in [-0.39, 0.29) is 47.8 Å². The number of alkyl halides is 3. The lowest BCUT2D eigenvalue weighted by atomic mass is 9.92. The summed E-state index contributed by atoms with van der Waals surface area (Å²) in [5, 5.41) is 9.40. The van der Waals surface area contributed by atoms with Crippen molar-refractivity contribution in [2.45, 2.75) is 17.6 Å². The van der Waals surface area contributed by atoms with E-state index in [1.54, 1.807) is 23.1 Å². The summed E-state index contributed by atoms with van der Waals surface area (Å²) in [5.41, 5.74) is 7.85. The SMILES string of the molecule is C=C(N)Sc1c(F)ccc(-c2c(C(F)(F)F)c3c4c(nc(OC)nc4c2F)N(Cc2cccnc2N)CCO3)c1C#N. The summed E-state index contributed by atoms with van der Waals surface area (Å²) in [6, 6.07) is 6.37. The molecule has 1 aliphatic heterocycles. The van der Waals surface area contributed by atoms with E-state index in [4.69, 9.17) is 20.9 Å². The van der Waals surface area contributed by atoms with Gasteiger partial charge in [0, 0.05) is 29.4 Å². The van der Waals surface area contributed by atoms with Crippen molar-refractivity contribution in [3.8, 4) is 29.0 Å². The number of nitriles is 1. The maximum Gasteiger partial charge on any atom is 0.420 e. The normalized spacial score (nSPS) is 12.9. The second-order valence-electron chi connectivity index (χ2n) is 8.95. The van der Waals surface area contributed by atoms with E-state index in [0.717, 1.165) is 12.1 Å². The molecule has 5 rings (SSSR count). The summed E-state index contributed by atoms with van der Waals surface area (Å²) in [5.74, 6) is -3.06. The molecule has 2 aromatic heterocycles. The molecule has 1 aliphatic rings. The third-order valence-corrected chi connectivity index (χ3v) is 7.25. The largest absolute Gasteiger partial charge is 0.490 e. The van der Waals surface area contributed by atoms with Gasteiger partial charge in [0.1, 0.15) is 47.0 Å². The number of nitrogen functional groups attached to an aromatic ring is 1. The number of ether oxygens (including phenoxy) is 2. The van der Waals surface area contributed by atoms with Gasteiger partial charge in [0.15, 0.2) is 5.82 Å². The molecule has 0 atom stereocenters. The zero-order chi connectivity index (χ0) is 30.3. The average molecular weight is 602 g/mol. The molecule has 15 heteroatoms. The highest BCUT2D eigenvalue weighted by molar-refractivity contribution is 8.03. The molecule has 9 nitrogen and oxygen atoms in total. The molecule has 0 amide bonds. The summed E-state index contributed by atoms with van der Waals surface area (Å²) in [6.45, 7) is 3.24. The fraction of sp³-hybridized carbons (Fsp3) is 0.185. The highest BCUT2D eigenvalue weighted by Gasteiger charge is 2.43. The van der Waals surface area contributed by atoms with E-state index < -0.39 is 56.2 Å². The first kappa shape index (κ1) is 28.7. The van der Waals surface area contributed by atoms with Crippen molar-refractivity contribution in [2.75, 3.05) is 30.9 Å². The molecular weight excluding hydrogens is 581 g/mol. The van der Waals surface area contributed by atoms with Crippen LogP contribution >= 0.6 is 11.8 Å². The molecule has 0 spiro atoms. The molecule has 0 saturated heterocycles. The van der Waals surface area contributed by atoms with E-state index in [0.29, 0.717) is 17.3 Å². The minimum Gasteiger partial charge on any atom is -0.490 e. The molecule has 0 bridgehead atoms. The van der Waals surface area contributed by atoms with Crippen LogP contribution in [0.4, 0.5) is 33.6 Å². The number of methoxy groups -OCH3 is 1. The van der Waals surface area contributed by atoms with Crippen LogP contribution in [0, 0.1) is 23.0 Å². The van der Waals surface area contributed by atoms with Crippen LogP contribution in [0.1, 0.15) is 16.7 Å². The van der Waals surface area contributed by atoms with Gasteiger partial charge in [0.25, 0.3) is 0 Å². The van der Waals surface area contributed by atoms with Crippen molar-refractivity contribution < 1.29 is 31.4 Å². The quantitative estimate of drug-likeness (QED) is 0.219. The van der Waals surface area contributed by atoms with Crippen molar-refractivity contribution >= 4 is 34.3 Å². The molecule has 4 aromatic rings. The lowest BCUT2D eigenvalue weighted by Crippen LogP contribution is -2.28. The van der Waals surface area contributed by atoms with Gasteiger partial charge in [-0.2, -0.15) is 28.4 Å². The Balaban J connectivity index is 1.89. The van der Waals surface area contributed by atoms with Gasteiger partial charge in [0.05, 0.1) is 34.5 Å². The number of anilines is 2. The molecular formula is C27H20F5N7O2S. The summed E-state index contributed by atoms with van der Waals surface area (Å²) in [4.78, 5) is 13.5. The standard InChI is InChI=1S/C27H20F5N7O2S/c1-12(34)42-23-15(10-33)14(5-6-16(23)28)17-19(27(30,31)32)22-18-21(20(17)29)37-26(40-2)38-25(18)39(8-9-41-22)11-13-4-3-7-36-24(13)35/h3-7H,1,8-9,11,34H2,2H3,(H2,35,36). The maximum atomic E-state index is 16.5. The lowest BCUT2D eigenvalue weighted by molar-refractivity contribution is -0.138. The average Bonchev–Trinajstić information content (AvgIpc) is 3.11. The highest BCUT2D eigenvalue weighted by atomic mass is 32.2. The Hall–Kier alpha value is -4.84. The van der Waals surface area contributed by atoms with Crippen LogP contribution in [0.3, 0.4) is 0 Å². The molecule has 0 unspecified atom stereocenters. The lowest BCUT2D eigenvalue weighted by Gasteiger charge is -2.24. The second kappa shape index (κ2) is 10.9. The Bertz CT molecular complexity index is 1790. The fourth-order valence-electron chi connectivity index (χ4n) is 4.67. The van der Waals surface area contributed by atoms with E-state index in [9.17, 15) is 22.8 Å². The molecule has 0 fully saturated rings. The zero-order valence-electron chi connectivity index (χ0n) is 21.7. The van der Waals surface area contributed by atoms with Crippen molar-refractivity contribution in [2.24, 2.45) is 5.73 Å². The second-order valence-corrected chi connectivity index (χ2v) is 10.1. The van der Waals surface area contributed by atoms with Gasteiger partial charge in [-0.25, -0.2) is 13.8 Å². The van der Waals surface area contributed by atoms with E-state index in [2.05, 4.69) is 21.5 Å². The third-order valence-electron chi connectivity index (χ3n) is 6.39. The Morgan fingerprint density at radius 1 is 1.26 bits per heavy atom. The molecule has 4 N–H and O–H groups in total. The number of nitrogens with zero attached hydrogens (tertiary/aromatic N) is 5. The Kier molecular flexibility index (Phi) is 7.42. The summed E-state index contributed by atoms with van der Waals surface area (Å²) in [6.07, 6.45) is -3.72. The van der Waals surface area contributed by atoms with Gasteiger partial charge in [-0.05, 0) is 18.2 Å². The third kappa shape index (κ3) is 4.94. The van der Waals surface area contributed by atoms with Crippen LogP contribution < -0.4 is 25.8 Å². The summed E-state index contributed by atoms with van der Waals surface area (Å²) < 4.78 is 86.8. The minimum atomic E-state index is -5.20. The number of nitrogens with two attached hydrogens (primary N) is 2. The van der Waals surface area contributed by atoms with Crippen LogP contribution in [-0.2, 0) is 12.7 Å². The first-order valence-corrected chi connectivity index (χ1v) is 12.9. The van der Waals surface area contributed by atoms with E-state index in [1.807, 2.05) is 0 Å². The van der Waals surface area contributed by atoms with Crippen molar-refractivity contribution in [3.05, 3.63) is 70.4 Å². The summed E-state index contributed by atoms with van der Waals surface area (Å²) in [7, 11) is 1.21. The van der Waals surface area contributed by atoms with Gasteiger partial charge in [-0.3, -0.25) is 0 Å². The predicted octanol–water partition coefficient (Wildman–Crippen LogP) is 5.37. The maximum absolute atomic E-state index is 16.5. The first-order valence-electron chi connectivity index (χ1n) is 12.1. The molecule has 0 radical (unpaired) electrons. The molecule has 0 aliphatic carbocycles. The fourth-order valence-corrected chi connectivity index (χ4v) is 5.35.